The first-order valence-corrected chi connectivity index (χ1v) is 8.44. The maximum Gasteiger partial charge on any atom is 0.277 e. The molecule has 4 rings (SSSR count). The molecular weight excluding hydrogens is 360 g/mol. The number of para-hydroxylation sites is 1. The normalized spacial score (nSPS) is 10.9. The van der Waals surface area contributed by atoms with Gasteiger partial charge in [-0.2, -0.15) is 4.37 Å². The van der Waals surface area contributed by atoms with E-state index in [1.165, 1.54) is 0 Å². The van der Waals surface area contributed by atoms with Crippen molar-refractivity contribution >= 4 is 50.7 Å². The molecule has 0 saturated heterocycles. The van der Waals surface area contributed by atoms with Gasteiger partial charge in [0, 0.05) is 5.39 Å². The fraction of sp³-hybridized carbons (Fsp3) is 0. The Hall–Kier alpha value is -2.90. The quantitative estimate of drug-likeness (QED) is 0.556. The van der Waals surface area contributed by atoms with Crippen molar-refractivity contribution in [1.82, 2.24) is 9.36 Å². The number of nitrogens with one attached hydrogen (secondary N) is 1. The van der Waals surface area contributed by atoms with Gasteiger partial charge >= 0.3 is 0 Å². The Morgan fingerprint density at radius 1 is 1.24 bits per heavy atom. The Balaban J connectivity index is 1.55. The lowest BCUT2D eigenvalue weighted by Crippen LogP contribution is -2.13. The van der Waals surface area contributed by atoms with E-state index in [9.17, 15) is 4.79 Å². The first kappa shape index (κ1) is 15.6. The first-order valence-electron chi connectivity index (χ1n) is 7.29. The Bertz CT molecular complexity index is 1040. The molecule has 3 heterocycles. The van der Waals surface area contributed by atoms with Gasteiger partial charge in [-0.05, 0) is 35.8 Å². The van der Waals surface area contributed by atoms with Gasteiger partial charge in [-0.25, -0.2) is 0 Å². The number of nitrogens with zero attached hydrogens (tertiary/aromatic N) is 2. The van der Waals surface area contributed by atoms with E-state index < -0.39 is 5.91 Å². The van der Waals surface area contributed by atoms with E-state index in [0.29, 0.717) is 22.1 Å². The van der Waals surface area contributed by atoms with Crippen LogP contribution in [-0.4, -0.2) is 15.3 Å². The van der Waals surface area contributed by atoms with Gasteiger partial charge in [0.2, 0.25) is 0 Å². The molecule has 1 amide bonds. The first-order chi connectivity index (χ1) is 12.1. The topological polar surface area (TPSA) is 94.0 Å². The molecule has 0 bridgehead atoms. The number of halogens is 1. The minimum absolute atomic E-state index is 0.102. The van der Waals surface area contributed by atoms with Gasteiger partial charge in [0.15, 0.2) is 11.5 Å². The van der Waals surface area contributed by atoms with Crippen LogP contribution in [0.2, 0.25) is 5.02 Å². The van der Waals surface area contributed by atoms with Crippen LogP contribution in [0, 0.1) is 0 Å². The van der Waals surface area contributed by atoms with Gasteiger partial charge in [-0.15, -0.1) is 0 Å². The smallest absolute Gasteiger partial charge is 0.277 e. The maximum absolute atomic E-state index is 12.2. The minimum atomic E-state index is -0.434. The summed E-state index contributed by atoms with van der Waals surface area (Å²) in [6.45, 7) is 0. The molecule has 0 spiro atoms. The second-order valence-corrected chi connectivity index (χ2v) is 6.43. The van der Waals surface area contributed by atoms with Gasteiger partial charge in [-0.1, -0.05) is 29.8 Å². The molecule has 0 aliphatic rings. The van der Waals surface area contributed by atoms with Gasteiger partial charge in [0.25, 0.3) is 5.91 Å². The van der Waals surface area contributed by atoms with Crippen LogP contribution >= 0.6 is 23.1 Å². The van der Waals surface area contributed by atoms with Crippen LogP contribution in [0.4, 0.5) is 10.7 Å². The zero-order chi connectivity index (χ0) is 17.4. The van der Waals surface area contributed by atoms with Gasteiger partial charge in [-0.3, -0.25) is 9.78 Å². The van der Waals surface area contributed by atoms with Crippen molar-refractivity contribution in [3.63, 3.8) is 0 Å². The van der Waals surface area contributed by atoms with Crippen LogP contribution in [0.5, 0.6) is 0 Å². The number of anilines is 2. The molecule has 8 heteroatoms. The van der Waals surface area contributed by atoms with Crippen molar-refractivity contribution in [2.24, 2.45) is 0 Å². The predicted octanol–water partition coefficient (Wildman–Crippen LogP) is 4.44. The Morgan fingerprint density at radius 3 is 2.76 bits per heavy atom. The number of furan rings is 1. The molecule has 124 valence electrons. The Labute approximate surface area is 151 Å². The van der Waals surface area contributed by atoms with Crippen molar-refractivity contribution in [2.75, 3.05) is 11.1 Å². The van der Waals surface area contributed by atoms with Crippen LogP contribution < -0.4 is 11.1 Å². The van der Waals surface area contributed by atoms with E-state index in [-0.39, 0.29) is 10.7 Å². The summed E-state index contributed by atoms with van der Waals surface area (Å²) in [6, 6.07) is 13.2. The molecule has 0 fully saturated rings. The number of benzene rings is 1. The predicted molar refractivity (Wildman–Crippen MR) is 98.9 cm³/mol. The molecule has 0 radical (unpaired) electrons. The number of aromatic nitrogens is 2. The average molecular weight is 371 g/mol. The molecular formula is C17H11ClN4O2S. The monoisotopic (exact) mass is 370 g/mol. The third kappa shape index (κ3) is 2.95. The summed E-state index contributed by atoms with van der Waals surface area (Å²) in [4.78, 5) is 16.5. The Morgan fingerprint density at radius 2 is 2.08 bits per heavy atom. The largest absolute Gasteiger partial charge is 0.454 e. The lowest BCUT2D eigenvalue weighted by atomic mass is 10.2. The number of hydrogen-bond donors (Lipinski definition) is 2. The third-order valence-corrected chi connectivity index (χ3v) is 4.74. The molecule has 6 nitrogen and oxygen atoms in total. The summed E-state index contributed by atoms with van der Waals surface area (Å²) in [5.74, 6) is 0.227. The summed E-state index contributed by atoms with van der Waals surface area (Å²) in [5.41, 5.74) is 7.70. The number of nitrogens with two attached hydrogens (primary N) is 1. The lowest BCUT2D eigenvalue weighted by Gasteiger charge is -2.04. The highest BCUT2D eigenvalue weighted by atomic mass is 35.5. The highest BCUT2D eigenvalue weighted by molar-refractivity contribution is 7.11. The van der Waals surface area contributed by atoms with Crippen LogP contribution in [-0.2, 0) is 0 Å². The molecule has 3 aromatic heterocycles. The number of rotatable bonds is 3. The molecule has 0 saturated carbocycles. The van der Waals surface area contributed by atoms with Crippen LogP contribution in [0.1, 0.15) is 10.5 Å². The molecule has 0 aliphatic carbocycles. The molecule has 0 aliphatic heterocycles. The number of pyridine rings is 1. The highest BCUT2D eigenvalue weighted by Crippen LogP contribution is 2.28. The summed E-state index contributed by atoms with van der Waals surface area (Å²) in [5, 5.41) is 4.17. The van der Waals surface area contributed by atoms with E-state index in [1.54, 1.807) is 18.3 Å². The summed E-state index contributed by atoms with van der Waals surface area (Å²) < 4.78 is 9.71. The lowest BCUT2D eigenvalue weighted by molar-refractivity contribution is 0.102. The third-order valence-electron chi connectivity index (χ3n) is 3.57. The number of amides is 1. The van der Waals surface area contributed by atoms with E-state index in [0.717, 1.165) is 22.5 Å². The standard InChI is InChI=1S/C17H11ClN4O2S/c18-14-15(22-25-16(14)19)17(23)21-10-5-6-11(20-8-10)13-7-9-3-1-2-4-12(9)24-13/h1-8H,19H2,(H,21,23). The maximum atomic E-state index is 12.2. The number of nitrogen functional groups attached to an aromatic ring is 1. The molecule has 25 heavy (non-hydrogen) atoms. The average Bonchev–Trinajstić information content (AvgIpc) is 3.19. The number of fused-ring (bicyclic) bond motifs is 1. The molecule has 1 aromatic carbocycles. The van der Waals surface area contributed by atoms with E-state index in [4.69, 9.17) is 21.8 Å². The minimum Gasteiger partial charge on any atom is -0.454 e. The molecule has 3 N–H and O–H groups in total. The van der Waals surface area contributed by atoms with Crippen molar-refractivity contribution in [3.05, 3.63) is 59.4 Å². The fourth-order valence-electron chi connectivity index (χ4n) is 2.34. The molecule has 0 unspecified atom stereocenters. The van der Waals surface area contributed by atoms with Gasteiger partial charge < -0.3 is 15.5 Å². The van der Waals surface area contributed by atoms with Crippen molar-refractivity contribution in [1.29, 1.82) is 0 Å². The second-order valence-electron chi connectivity index (χ2n) is 5.24. The number of carbonyl (C=O) groups is 1. The second kappa shape index (κ2) is 6.19. The van der Waals surface area contributed by atoms with Crippen molar-refractivity contribution in [3.8, 4) is 11.5 Å². The number of carbonyl (C=O) groups excluding carboxylic acids is 1. The molecule has 4 aromatic rings. The van der Waals surface area contributed by atoms with Crippen molar-refractivity contribution < 1.29 is 9.21 Å². The summed E-state index contributed by atoms with van der Waals surface area (Å²) >= 11 is 6.93. The van der Waals surface area contributed by atoms with Gasteiger partial charge in [0.1, 0.15) is 21.3 Å². The van der Waals surface area contributed by atoms with E-state index >= 15 is 0 Å². The van der Waals surface area contributed by atoms with Crippen LogP contribution in [0.3, 0.4) is 0 Å². The zero-order valence-electron chi connectivity index (χ0n) is 12.7. The summed E-state index contributed by atoms with van der Waals surface area (Å²) in [6.07, 6.45) is 1.55. The zero-order valence-corrected chi connectivity index (χ0v) is 14.3. The fourth-order valence-corrected chi connectivity index (χ4v) is 3.17. The molecule has 0 atom stereocenters. The Kier molecular flexibility index (Phi) is 3.87. The van der Waals surface area contributed by atoms with Crippen LogP contribution in [0.15, 0.2) is 53.1 Å². The number of hydrogen-bond acceptors (Lipinski definition) is 6. The van der Waals surface area contributed by atoms with E-state index in [2.05, 4.69) is 14.7 Å². The van der Waals surface area contributed by atoms with E-state index in [1.807, 2.05) is 30.3 Å². The summed E-state index contributed by atoms with van der Waals surface area (Å²) in [7, 11) is 0. The van der Waals surface area contributed by atoms with Crippen LogP contribution in [0.25, 0.3) is 22.4 Å². The highest BCUT2D eigenvalue weighted by Gasteiger charge is 2.17. The SMILES string of the molecule is Nc1snc(C(=O)Nc2ccc(-c3cc4ccccc4o3)nc2)c1Cl. The van der Waals surface area contributed by atoms with Crippen molar-refractivity contribution in [2.45, 2.75) is 0 Å². The van der Waals surface area contributed by atoms with Gasteiger partial charge in [0.05, 0.1) is 11.9 Å².